The number of para-hydroxylation sites is 1. The van der Waals surface area contributed by atoms with Crippen LogP contribution in [0.2, 0.25) is 0 Å². The zero-order valence-corrected chi connectivity index (χ0v) is 9.54. The molecule has 1 aromatic rings. The van der Waals surface area contributed by atoms with Crippen LogP contribution in [0.25, 0.3) is 0 Å². The first kappa shape index (κ1) is 11.3. The molecular formula is C11H12N4O2. The third kappa shape index (κ3) is 2.31. The zero-order valence-electron chi connectivity index (χ0n) is 9.54. The van der Waals surface area contributed by atoms with Gasteiger partial charge in [-0.2, -0.15) is 5.10 Å². The largest absolute Gasteiger partial charge is 0.321 e. The van der Waals surface area contributed by atoms with E-state index >= 15 is 0 Å². The fraction of sp³-hybridized carbons (Fsp3) is 0.182. The Bertz CT molecular complexity index is 482. The molecule has 0 spiro atoms. The first-order valence-corrected chi connectivity index (χ1v) is 5.05. The molecule has 0 saturated carbocycles. The molecule has 0 saturated heterocycles. The molecule has 0 unspecified atom stereocenters. The van der Waals surface area contributed by atoms with Crippen LogP contribution in [-0.2, 0) is 9.63 Å². The summed E-state index contributed by atoms with van der Waals surface area (Å²) in [4.78, 5) is 16.4. The summed E-state index contributed by atoms with van der Waals surface area (Å²) in [6, 6.07) is 9.36. The molecule has 6 nitrogen and oxygen atoms in total. The van der Waals surface area contributed by atoms with E-state index in [1.54, 1.807) is 6.92 Å². The molecule has 0 fully saturated rings. The van der Waals surface area contributed by atoms with Gasteiger partial charge >= 0.3 is 5.91 Å². The highest BCUT2D eigenvalue weighted by Crippen LogP contribution is 2.09. The van der Waals surface area contributed by atoms with Gasteiger partial charge < -0.3 is 0 Å². The molecule has 0 aliphatic carbocycles. The van der Waals surface area contributed by atoms with Crippen molar-refractivity contribution in [3.63, 3.8) is 0 Å². The summed E-state index contributed by atoms with van der Waals surface area (Å²) in [5.74, 6) is -0.381. The lowest BCUT2D eigenvalue weighted by Gasteiger charge is -2.05. The molecule has 2 rings (SSSR count). The number of hydrogen-bond acceptors (Lipinski definition) is 5. The minimum atomic E-state index is -0.381. The van der Waals surface area contributed by atoms with Gasteiger partial charge in [-0.15, -0.1) is 5.10 Å². The fourth-order valence-corrected chi connectivity index (χ4v) is 1.36. The molecule has 1 amide bonds. The second-order valence-electron chi connectivity index (χ2n) is 3.38. The summed E-state index contributed by atoms with van der Waals surface area (Å²) in [6.45, 7) is 1.70. The van der Waals surface area contributed by atoms with Gasteiger partial charge in [-0.05, 0) is 19.1 Å². The average Bonchev–Trinajstić information content (AvgIpc) is 2.63. The number of carbonyl (C=O) groups is 1. The molecule has 0 radical (unpaired) electrons. The quantitative estimate of drug-likeness (QED) is 0.797. The molecule has 1 aromatic carbocycles. The smallest absolute Gasteiger partial charge is 0.278 e. The number of carbonyl (C=O) groups excluding carboxylic acids is 1. The van der Waals surface area contributed by atoms with Crippen molar-refractivity contribution in [2.75, 3.05) is 12.5 Å². The monoisotopic (exact) mass is 232 g/mol. The normalized spacial score (nSPS) is 17.5. The Kier molecular flexibility index (Phi) is 3.15. The van der Waals surface area contributed by atoms with Gasteiger partial charge in [-0.25, -0.2) is 0 Å². The van der Waals surface area contributed by atoms with Crippen molar-refractivity contribution in [3.05, 3.63) is 30.3 Å². The van der Waals surface area contributed by atoms with E-state index in [1.165, 1.54) is 7.11 Å². The molecule has 0 bridgehead atoms. The summed E-state index contributed by atoms with van der Waals surface area (Å²) < 4.78 is 0. The molecule has 88 valence electrons. The molecule has 0 atom stereocenters. The molecule has 17 heavy (non-hydrogen) atoms. The van der Waals surface area contributed by atoms with Crippen molar-refractivity contribution in [3.8, 4) is 0 Å². The maximum absolute atomic E-state index is 11.7. The first-order valence-electron chi connectivity index (χ1n) is 5.05. The van der Waals surface area contributed by atoms with E-state index < -0.39 is 0 Å². The van der Waals surface area contributed by atoms with Gasteiger partial charge in [0.25, 0.3) is 0 Å². The van der Waals surface area contributed by atoms with Crippen LogP contribution in [0.1, 0.15) is 6.92 Å². The summed E-state index contributed by atoms with van der Waals surface area (Å²) in [6.07, 6.45) is 0. The van der Waals surface area contributed by atoms with Gasteiger partial charge in [0.1, 0.15) is 0 Å². The van der Waals surface area contributed by atoms with Gasteiger partial charge in [0.15, 0.2) is 5.71 Å². The van der Waals surface area contributed by atoms with Crippen molar-refractivity contribution >= 4 is 23.0 Å². The topological polar surface area (TPSA) is 66.3 Å². The van der Waals surface area contributed by atoms with Crippen molar-refractivity contribution in [2.24, 2.45) is 10.2 Å². The second kappa shape index (κ2) is 4.75. The Morgan fingerprint density at radius 3 is 2.65 bits per heavy atom. The predicted octanol–water partition coefficient (Wildman–Crippen LogP) is 1.23. The highest BCUT2D eigenvalue weighted by atomic mass is 16.7. The number of nitrogens with one attached hydrogen (secondary N) is 1. The van der Waals surface area contributed by atoms with Crippen LogP contribution in [0.15, 0.2) is 40.5 Å². The third-order valence-corrected chi connectivity index (χ3v) is 2.20. The van der Waals surface area contributed by atoms with Gasteiger partial charge in [0.05, 0.1) is 18.5 Å². The average molecular weight is 232 g/mol. The van der Waals surface area contributed by atoms with E-state index in [0.29, 0.717) is 5.71 Å². The van der Waals surface area contributed by atoms with Gasteiger partial charge in [-0.3, -0.25) is 15.1 Å². The van der Waals surface area contributed by atoms with Crippen LogP contribution >= 0.6 is 0 Å². The van der Waals surface area contributed by atoms with Crippen molar-refractivity contribution in [1.82, 2.24) is 5.17 Å². The number of anilines is 1. The van der Waals surface area contributed by atoms with E-state index in [4.69, 9.17) is 4.84 Å². The molecule has 6 heteroatoms. The molecule has 1 heterocycles. The lowest BCUT2D eigenvalue weighted by atomic mass is 10.3. The standard InChI is InChI=1S/C11H12N4O2/c1-8-10(11(16)15(14-8)17-2)13-12-9-6-4-3-5-7-9/h3-7,12H,1-2H3. The minimum Gasteiger partial charge on any atom is -0.278 e. The Hall–Kier alpha value is -2.21. The predicted molar refractivity (Wildman–Crippen MR) is 64.5 cm³/mol. The number of nitrogens with zero attached hydrogens (tertiary/aromatic N) is 3. The number of hydrazone groups is 2. The first-order chi connectivity index (χ1) is 8.22. The SMILES string of the molecule is CON1N=C(C)C(=NNc2ccccc2)C1=O. The number of amides is 1. The summed E-state index contributed by atoms with van der Waals surface area (Å²) >= 11 is 0. The van der Waals surface area contributed by atoms with Crippen LogP contribution in [0.4, 0.5) is 5.69 Å². The van der Waals surface area contributed by atoms with Crippen molar-refractivity contribution in [1.29, 1.82) is 0 Å². The molecule has 1 aliphatic rings. The van der Waals surface area contributed by atoms with Crippen molar-refractivity contribution < 1.29 is 9.63 Å². The van der Waals surface area contributed by atoms with Crippen LogP contribution in [0, 0.1) is 0 Å². The van der Waals surface area contributed by atoms with Crippen LogP contribution in [-0.4, -0.2) is 29.6 Å². The zero-order chi connectivity index (χ0) is 12.3. The van der Waals surface area contributed by atoms with Gasteiger partial charge in [0, 0.05) is 0 Å². The Morgan fingerprint density at radius 2 is 2.06 bits per heavy atom. The summed E-state index contributed by atoms with van der Waals surface area (Å²) in [7, 11) is 1.38. The molecular weight excluding hydrogens is 220 g/mol. The van der Waals surface area contributed by atoms with E-state index in [2.05, 4.69) is 15.6 Å². The van der Waals surface area contributed by atoms with E-state index in [-0.39, 0.29) is 11.6 Å². The number of benzene rings is 1. The van der Waals surface area contributed by atoms with Crippen LogP contribution in [0.5, 0.6) is 0 Å². The molecule has 1 aliphatic heterocycles. The highest BCUT2D eigenvalue weighted by Gasteiger charge is 2.29. The number of hydroxylamine groups is 1. The Morgan fingerprint density at radius 1 is 1.35 bits per heavy atom. The Labute approximate surface area is 98.5 Å². The number of hydrogen-bond donors (Lipinski definition) is 1. The lowest BCUT2D eigenvalue weighted by molar-refractivity contribution is -0.165. The maximum atomic E-state index is 11.7. The fourth-order valence-electron chi connectivity index (χ4n) is 1.36. The Balaban J connectivity index is 2.14. The lowest BCUT2D eigenvalue weighted by Crippen LogP contribution is -2.27. The van der Waals surface area contributed by atoms with E-state index in [0.717, 1.165) is 10.9 Å². The summed E-state index contributed by atoms with van der Waals surface area (Å²) in [5.41, 5.74) is 4.36. The van der Waals surface area contributed by atoms with Crippen molar-refractivity contribution in [2.45, 2.75) is 6.92 Å². The second-order valence-corrected chi connectivity index (χ2v) is 3.38. The highest BCUT2D eigenvalue weighted by molar-refractivity contribution is 6.68. The van der Waals surface area contributed by atoms with E-state index in [9.17, 15) is 4.79 Å². The summed E-state index contributed by atoms with van der Waals surface area (Å²) in [5, 5.41) is 8.81. The number of rotatable bonds is 3. The molecule has 1 N–H and O–H groups in total. The van der Waals surface area contributed by atoms with Crippen LogP contribution in [0.3, 0.4) is 0 Å². The van der Waals surface area contributed by atoms with Crippen LogP contribution < -0.4 is 5.43 Å². The van der Waals surface area contributed by atoms with E-state index in [1.807, 2.05) is 30.3 Å². The maximum Gasteiger partial charge on any atom is 0.321 e. The van der Waals surface area contributed by atoms with Gasteiger partial charge in [-0.1, -0.05) is 23.4 Å². The van der Waals surface area contributed by atoms with Gasteiger partial charge in [0.2, 0.25) is 0 Å². The molecule has 0 aromatic heterocycles. The minimum absolute atomic E-state index is 0.246. The third-order valence-electron chi connectivity index (χ3n) is 2.20.